The predicted molar refractivity (Wildman–Crippen MR) is 196 cm³/mol. The first-order valence-corrected chi connectivity index (χ1v) is 18.5. The van der Waals surface area contributed by atoms with Crippen LogP contribution in [0.2, 0.25) is 0 Å². The van der Waals surface area contributed by atoms with Crippen molar-refractivity contribution in [1.29, 1.82) is 0 Å². The van der Waals surface area contributed by atoms with Gasteiger partial charge in [-0.3, -0.25) is 9.69 Å². The number of carbonyl (C=O) groups excluding carboxylic acids is 2. The van der Waals surface area contributed by atoms with Crippen molar-refractivity contribution in [2.75, 3.05) is 33.9 Å². The highest BCUT2D eigenvalue weighted by molar-refractivity contribution is 5.96. The van der Waals surface area contributed by atoms with Crippen molar-refractivity contribution in [2.45, 2.75) is 57.7 Å². The molecule has 264 valence electrons. The van der Waals surface area contributed by atoms with Gasteiger partial charge in [-0.05, 0) is 68.7 Å². The Labute approximate surface area is 298 Å². The number of rotatable bonds is 5. The molecule has 7 heterocycles. The van der Waals surface area contributed by atoms with E-state index in [1.165, 1.54) is 47.5 Å². The molecule has 2 saturated heterocycles. The number of nitrogens with one attached hydrogen (secondary N) is 2. The lowest BCUT2D eigenvalue weighted by atomic mass is 9.70. The molecule has 2 aromatic heterocycles. The van der Waals surface area contributed by atoms with Crippen molar-refractivity contribution in [1.82, 2.24) is 19.8 Å². The number of carbonyl (C=O) groups is 2. The number of allylic oxidation sites excluding steroid dienone is 2. The lowest BCUT2D eigenvalue weighted by Gasteiger charge is -2.49. The summed E-state index contributed by atoms with van der Waals surface area (Å²) in [5, 5.41) is 2.47. The quantitative estimate of drug-likeness (QED) is 0.169. The first kappa shape index (κ1) is 32.2. The Morgan fingerprint density at radius 2 is 1.73 bits per heavy atom. The number of benzene rings is 2. The van der Waals surface area contributed by atoms with Crippen molar-refractivity contribution < 1.29 is 23.8 Å². The van der Waals surface area contributed by atoms with E-state index in [-0.39, 0.29) is 53.8 Å². The molecule has 0 aliphatic carbocycles. The molecule has 2 fully saturated rings. The molecule has 0 radical (unpaired) electrons. The zero-order valence-corrected chi connectivity index (χ0v) is 29.8. The van der Waals surface area contributed by atoms with Gasteiger partial charge in [0, 0.05) is 76.4 Å². The maximum atomic E-state index is 14.1. The van der Waals surface area contributed by atoms with E-state index in [9.17, 15) is 9.59 Å². The van der Waals surface area contributed by atoms with E-state index in [0.717, 1.165) is 61.1 Å². The third-order valence-electron chi connectivity index (χ3n) is 12.8. The molecule has 2 N–H and O–H groups in total. The number of nitrogens with zero attached hydrogens (tertiary/aromatic N) is 2. The van der Waals surface area contributed by atoms with Gasteiger partial charge in [0.1, 0.15) is 6.10 Å². The first-order chi connectivity index (χ1) is 24.9. The number of methoxy groups -OCH3 is 2. The van der Waals surface area contributed by atoms with Crippen molar-refractivity contribution in [3.8, 4) is 0 Å². The lowest BCUT2D eigenvalue weighted by Crippen LogP contribution is -2.49. The average molecular weight is 687 g/mol. The molecule has 51 heavy (non-hydrogen) atoms. The van der Waals surface area contributed by atoms with Gasteiger partial charge in [0.2, 0.25) is 0 Å². The second-order valence-corrected chi connectivity index (χ2v) is 15.1. The highest BCUT2D eigenvalue weighted by Gasteiger charge is 2.48. The standard InChI is InChI=1S/C42H46N4O5/c1-5-24-19-45-15-14-27-26-10-6-8-12-34(26)43-39(27)36(45)17-29(24)31(41(47)49-3)16-25-20-46-21-32-23(2)51-22-33(42(48)50-4)30(32)18-37(46)40-38(25)28-11-7-9-13-35(28)44-40/h5-13,20,22-23,29-32,36-37,43-44H,14-19,21H2,1-4H3. The Hall–Kier alpha value is -4.76. The van der Waals surface area contributed by atoms with Crippen LogP contribution in [0.3, 0.4) is 0 Å². The minimum Gasteiger partial charge on any atom is -0.497 e. The summed E-state index contributed by atoms with van der Waals surface area (Å²) in [6.45, 7) is 6.79. The van der Waals surface area contributed by atoms with Gasteiger partial charge in [-0.2, -0.15) is 0 Å². The maximum absolute atomic E-state index is 14.1. The number of hydrogen-bond acceptors (Lipinski definition) is 7. The molecule has 0 spiro atoms. The van der Waals surface area contributed by atoms with Crippen LogP contribution in [0, 0.1) is 23.7 Å². The van der Waals surface area contributed by atoms with Gasteiger partial charge in [0.05, 0.1) is 44.1 Å². The summed E-state index contributed by atoms with van der Waals surface area (Å²) in [5.74, 6) is -0.670. The molecule has 2 aromatic carbocycles. The summed E-state index contributed by atoms with van der Waals surface area (Å²) >= 11 is 0. The van der Waals surface area contributed by atoms with Crippen LogP contribution < -0.4 is 0 Å². The Balaban J connectivity index is 1.10. The third-order valence-corrected chi connectivity index (χ3v) is 12.8. The summed E-state index contributed by atoms with van der Waals surface area (Å²) in [7, 11) is 2.96. The van der Waals surface area contributed by atoms with E-state index in [2.05, 4.69) is 94.4 Å². The summed E-state index contributed by atoms with van der Waals surface area (Å²) < 4.78 is 16.9. The number of para-hydroxylation sites is 2. The van der Waals surface area contributed by atoms with Crippen LogP contribution in [0.4, 0.5) is 0 Å². The molecule has 5 aliphatic rings. The highest BCUT2D eigenvalue weighted by Crippen LogP contribution is 2.52. The van der Waals surface area contributed by atoms with Gasteiger partial charge in [-0.25, -0.2) is 4.79 Å². The zero-order valence-electron chi connectivity index (χ0n) is 29.8. The summed E-state index contributed by atoms with van der Waals surface area (Å²) in [6, 6.07) is 17.3. The van der Waals surface area contributed by atoms with Crippen LogP contribution in [-0.2, 0) is 30.2 Å². The number of piperidine rings is 2. The Morgan fingerprint density at radius 3 is 2.49 bits per heavy atom. The number of aromatic amines is 2. The van der Waals surface area contributed by atoms with Crippen molar-refractivity contribution in [2.24, 2.45) is 23.7 Å². The molecule has 0 amide bonds. The number of esters is 2. The first-order valence-electron chi connectivity index (χ1n) is 18.5. The monoisotopic (exact) mass is 686 g/mol. The van der Waals surface area contributed by atoms with Crippen molar-refractivity contribution in [3.05, 3.63) is 101 Å². The van der Waals surface area contributed by atoms with Crippen LogP contribution in [0.15, 0.2) is 78.2 Å². The average Bonchev–Trinajstić information content (AvgIpc) is 3.75. The van der Waals surface area contributed by atoms with E-state index in [0.29, 0.717) is 12.0 Å². The van der Waals surface area contributed by atoms with E-state index >= 15 is 0 Å². The number of ether oxygens (including phenoxy) is 3. The van der Waals surface area contributed by atoms with Crippen LogP contribution >= 0.6 is 0 Å². The maximum Gasteiger partial charge on any atom is 0.337 e. The van der Waals surface area contributed by atoms with Crippen LogP contribution in [0.5, 0.6) is 0 Å². The van der Waals surface area contributed by atoms with E-state index < -0.39 is 0 Å². The Kier molecular flexibility index (Phi) is 7.87. The fourth-order valence-corrected chi connectivity index (χ4v) is 10.2. The second kappa shape index (κ2) is 12.5. The number of aromatic nitrogens is 2. The van der Waals surface area contributed by atoms with Crippen molar-refractivity contribution >= 4 is 39.3 Å². The van der Waals surface area contributed by atoms with Gasteiger partial charge in [-0.1, -0.05) is 48.0 Å². The smallest absolute Gasteiger partial charge is 0.337 e. The molecule has 7 atom stereocenters. The van der Waals surface area contributed by atoms with E-state index in [4.69, 9.17) is 14.2 Å². The van der Waals surface area contributed by atoms with Gasteiger partial charge in [0.15, 0.2) is 0 Å². The predicted octanol–water partition coefficient (Wildman–Crippen LogP) is 7.20. The topological polar surface area (TPSA) is 99.9 Å². The summed E-state index contributed by atoms with van der Waals surface area (Å²) in [5.41, 5.74) is 10.4. The Morgan fingerprint density at radius 1 is 0.980 bits per heavy atom. The van der Waals surface area contributed by atoms with Gasteiger partial charge in [-0.15, -0.1) is 0 Å². The number of H-pyrrole nitrogens is 2. The third kappa shape index (κ3) is 5.06. The largest absolute Gasteiger partial charge is 0.497 e. The Bertz CT molecular complexity index is 2140. The molecule has 9 rings (SSSR count). The van der Waals surface area contributed by atoms with E-state index in [1.807, 2.05) is 0 Å². The molecule has 7 unspecified atom stereocenters. The molecular weight excluding hydrogens is 640 g/mol. The van der Waals surface area contributed by atoms with Crippen LogP contribution in [-0.4, -0.2) is 71.7 Å². The summed E-state index contributed by atoms with van der Waals surface area (Å²) in [4.78, 5) is 39.6. The second-order valence-electron chi connectivity index (χ2n) is 15.1. The molecule has 5 aliphatic heterocycles. The molecular formula is C42H46N4O5. The highest BCUT2D eigenvalue weighted by atomic mass is 16.5. The van der Waals surface area contributed by atoms with E-state index in [1.54, 1.807) is 6.26 Å². The molecule has 4 aromatic rings. The molecule has 9 nitrogen and oxygen atoms in total. The molecule has 9 heteroatoms. The molecule has 0 saturated carbocycles. The minimum absolute atomic E-state index is 0.0203. The van der Waals surface area contributed by atoms with Crippen LogP contribution in [0.25, 0.3) is 27.4 Å². The lowest BCUT2D eigenvalue weighted by molar-refractivity contribution is -0.147. The zero-order chi connectivity index (χ0) is 35.0. The van der Waals surface area contributed by atoms with Gasteiger partial charge in [0.25, 0.3) is 0 Å². The SMILES string of the molecule is CC=C1CN2CCc3c([nH]c4ccccc34)C2CC1C(CC1=CN2CC3C(C)OC=C(C(=O)OC)C3CC2c2[nH]c3ccccc3c21)C(=O)OC. The summed E-state index contributed by atoms with van der Waals surface area (Å²) in [6.07, 6.45) is 9.32. The fourth-order valence-electron chi connectivity index (χ4n) is 10.2. The van der Waals surface area contributed by atoms with Crippen LogP contribution in [0.1, 0.15) is 67.7 Å². The number of hydrogen-bond donors (Lipinski definition) is 2. The fraction of sp³-hybridized carbons (Fsp3) is 0.429. The minimum atomic E-state index is -0.356. The van der Waals surface area contributed by atoms with Crippen molar-refractivity contribution in [3.63, 3.8) is 0 Å². The van der Waals surface area contributed by atoms with Gasteiger partial charge >= 0.3 is 11.9 Å². The number of fused-ring (bicyclic) bond motifs is 11. The normalized spacial score (nSPS) is 28.4. The molecule has 0 bridgehead atoms. The van der Waals surface area contributed by atoms with Gasteiger partial charge < -0.3 is 29.1 Å².